The first-order valence-corrected chi connectivity index (χ1v) is 10.5. The number of carbonyl (C=O) groups excluding carboxylic acids is 1. The van der Waals surface area contributed by atoms with Crippen molar-refractivity contribution in [1.82, 2.24) is 24.2 Å². The fourth-order valence-corrected chi connectivity index (χ4v) is 3.89. The third-order valence-corrected chi connectivity index (χ3v) is 5.64. The number of benzene rings is 1. The molecule has 0 spiro atoms. The molecule has 0 saturated heterocycles. The first-order chi connectivity index (χ1) is 14.6. The topological polar surface area (TPSA) is 73.0 Å². The van der Waals surface area contributed by atoms with E-state index in [9.17, 15) is 9.59 Å². The summed E-state index contributed by atoms with van der Waals surface area (Å²) in [7, 11) is 0. The second-order valence-corrected chi connectivity index (χ2v) is 7.86. The van der Waals surface area contributed by atoms with Crippen molar-refractivity contribution in [2.24, 2.45) is 0 Å². The minimum atomic E-state index is -0.183. The second kappa shape index (κ2) is 9.07. The van der Waals surface area contributed by atoms with Crippen molar-refractivity contribution >= 4 is 5.91 Å². The van der Waals surface area contributed by atoms with Crippen LogP contribution in [0.15, 0.2) is 53.6 Å². The van der Waals surface area contributed by atoms with Crippen LogP contribution in [0.1, 0.15) is 41.8 Å². The van der Waals surface area contributed by atoms with Crippen LogP contribution in [0, 0.1) is 6.92 Å². The Balaban J connectivity index is 1.58. The largest absolute Gasteiger partial charge is 0.346 e. The van der Waals surface area contributed by atoms with E-state index in [1.807, 2.05) is 43.3 Å². The fourth-order valence-electron chi connectivity index (χ4n) is 3.89. The summed E-state index contributed by atoms with van der Waals surface area (Å²) in [5.41, 5.74) is 2.99. The van der Waals surface area contributed by atoms with E-state index in [-0.39, 0.29) is 18.1 Å². The normalized spacial score (nSPS) is 13.5. The lowest BCUT2D eigenvalue weighted by Crippen LogP contribution is -2.37. The molecule has 0 unspecified atom stereocenters. The van der Waals surface area contributed by atoms with Crippen molar-refractivity contribution in [1.29, 1.82) is 0 Å². The predicted molar refractivity (Wildman–Crippen MR) is 114 cm³/mol. The summed E-state index contributed by atoms with van der Waals surface area (Å²) in [6.45, 7) is 3.58. The summed E-state index contributed by atoms with van der Waals surface area (Å²) in [5.74, 6) is 0.667. The maximum absolute atomic E-state index is 13.3. The molecule has 3 aromatic rings. The number of fused-ring (bicyclic) bond motifs is 1. The molecule has 7 nitrogen and oxygen atoms in total. The maximum Gasteiger partial charge on any atom is 0.346 e. The summed E-state index contributed by atoms with van der Waals surface area (Å²) in [6, 6.07) is 11.9. The summed E-state index contributed by atoms with van der Waals surface area (Å²) in [5, 5.41) is 4.47. The van der Waals surface area contributed by atoms with Crippen LogP contribution in [0.5, 0.6) is 0 Å². The van der Waals surface area contributed by atoms with Gasteiger partial charge in [-0.2, -0.15) is 5.10 Å². The Morgan fingerprint density at radius 1 is 1.10 bits per heavy atom. The molecule has 1 aliphatic heterocycles. The van der Waals surface area contributed by atoms with E-state index in [0.29, 0.717) is 19.6 Å². The Morgan fingerprint density at radius 2 is 1.97 bits per heavy atom. The van der Waals surface area contributed by atoms with E-state index in [1.165, 1.54) is 4.68 Å². The minimum absolute atomic E-state index is 0.0506. The Morgan fingerprint density at radius 3 is 2.77 bits per heavy atom. The number of aromatic nitrogens is 4. The summed E-state index contributed by atoms with van der Waals surface area (Å²) in [6.07, 6.45) is 7.39. The number of aryl methyl sites for hydroxylation is 2. The van der Waals surface area contributed by atoms with Gasteiger partial charge in [0.1, 0.15) is 12.4 Å². The second-order valence-electron chi connectivity index (χ2n) is 7.86. The van der Waals surface area contributed by atoms with E-state index in [1.54, 1.807) is 21.9 Å². The molecule has 156 valence electrons. The fraction of sp³-hybridized carbons (Fsp3) is 0.391. The molecule has 3 heterocycles. The molecule has 0 radical (unpaired) electrons. The Kier molecular flexibility index (Phi) is 6.07. The van der Waals surface area contributed by atoms with Crippen LogP contribution in [0.3, 0.4) is 0 Å². The lowest BCUT2D eigenvalue weighted by atomic mass is 10.1. The van der Waals surface area contributed by atoms with E-state index < -0.39 is 0 Å². The predicted octanol–water partition coefficient (Wildman–Crippen LogP) is 2.70. The number of rotatable bonds is 6. The van der Waals surface area contributed by atoms with Gasteiger partial charge in [-0.3, -0.25) is 14.3 Å². The molecule has 0 atom stereocenters. The summed E-state index contributed by atoms with van der Waals surface area (Å²) in [4.78, 5) is 32.0. The molecule has 0 N–H and O–H groups in total. The smallest absolute Gasteiger partial charge is 0.332 e. The summed E-state index contributed by atoms with van der Waals surface area (Å²) < 4.78 is 3.06. The van der Waals surface area contributed by atoms with Gasteiger partial charge in [0.2, 0.25) is 5.91 Å². The van der Waals surface area contributed by atoms with Gasteiger partial charge in [-0.25, -0.2) is 9.48 Å². The summed E-state index contributed by atoms with van der Waals surface area (Å²) >= 11 is 0. The molecule has 0 bridgehead atoms. The highest BCUT2D eigenvalue weighted by molar-refractivity contribution is 5.76. The zero-order valence-corrected chi connectivity index (χ0v) is 17.3. The molecule has 1 aromatic carbocycles. The maximum atomic E-state index is 13.3. The molecule has 2 aromatic heterocycles. The van der Waals surface area contributed by atoms with Crippen molar-refractivity contribution in [3.8, 4) is 0 Å². The molecular weight excluding hydrogens is 378 g/mol. The van der Waals surface area contributed by atoms with Gasteiger partial charge in [0.25, 0.3) is 0 Å². The van der Waals surface area contributed by atoms with Crippen LogP contribution >= 0.6 is 0 Å². The van der Waals surface area contributed by atoms with Crippen LogP contribution in [0.2, 0.25) is 0 Å². The number of hydrogen-bond donors (Lipinski definition) is 0. The van der Waals surface area contributed by atoms with Gasteiger partial charge in [-0.05, 0) is 42.5 Å². The Hall–Kier alpha value is -3.22. The van der Waals surface area contributed by atoms with E-state index in [2.05, 4.69) is 10.1 Å². The molecule has 0 saturated carbocycles. The molecule has 0 fully saturated rings. The van der Waals surface area contributed by atoms with Crippen molar-refractivity contribution in [3.63, 3.8) is 0 Å². The van der Waals surface area contributed by atoms with Crippen molar-refractivity contribution in [3.05, 3.63) is 81.8 Å². The van der Waals surface area contributed by atoms with Crippen molar-refractivity contribution in [2.75, 3.05) is 0 Å². The first-order valence-electron chi connectivity index (χ1n) is 10.5. The minimum Gasteiger partial charge on any atom is -0.332 e. The number of amides is 1. The molecule has 30 heavy (non-hydrogen) atoms. The molecule has 1 amide bonds. The lowest BCUT2D eigenvalue weighted by molar-refractivity contribution is -0.133. The zero-order valence-electron chi connectivity index (χ0n) is 17.3. The Labute approximate surface area is 176 Å². The third-order valence-electron chi connectivity index (χ3n) is 5.64. The van der Waals surface area contributed by atoms with Gasteiger partial charge in [-0.1, -0.05) is 36.8 Å². The van der Waals surface area contributed by atoms with Crippen LogP contribution in [0.25, 0.3) is 0 Å². The monoisotopic (exact) mass is 405 g/mol. The van der Waals surface area contributed by atoms with Gasteiger partial charge in [-0.15, -0.1) is 0 Å². The van der Waals surface area contributed by atoms with Crippen LogP contribution in [0.4, 0.5) is 0 Å². The average Bonchev–Trinajstić information content (AvgIpc) is 2.91. The first kappa shape index (κ1) is 20.1. The quantitative estimate of drug-likeness (QED) is 0.632. The van der Waals surface area contributed by atoms with Gasteiger partial charge in [0.05, 0.1) is 0 Å². The number of pyridine rings is 1. The number of nitrogens with zero attached hydrogens (tertiary/aromatic N) is 5. The van der Waals surface area contributed by atoms with E-state index in [4.69, 9.17) is 0 Å². The van der Waals surface area contributed by atoms with Crippen molar-refractivity contribution in [2.45, 2.75) is 58.8 Å². The van der Waals surface area contributed by atoms with Crippen LogP contribution in [-0.2, 0) is 37.4 Å². The average molecular weight is 406 g/mol. The Bertz CT molecular complexity index is 1070. The van der Waals surface area contributed by atoms with Gasteiger partial charge in [0.15, 0.2) is 0 Å². The zero-order chi connectivity index (χ0) is 20.9. The lowest BCUT2D eigenvalue weighted by Gasteiger charge is -2.23. The molecule has 1 aliphatic rings. The third kappa shape index (κ3) is 4.50. The van der Waals surface area contributed by atoms with Gasteiger partial charge >= 0.3 is 5.69 Å². The van der Waals surface area contributed by atoms with Crippen LogP contribution < -0.4 is 5.69 Å². The number of hydrogen-bond acceptors (Lipinski definition) is 4. The van der Waals surface area contributed by atoms with Gasteiger partial charge in [0, 0.05) is 38.4 Å². The molecule has 4 rings (SSSR count). The molecular formula is C23H27N5O2. The van der Waals surface area contributed by atoms with Gasteiger partial charge < -0.3 is 4.90 Å². The number of carbonyl (C=O) groups is 1. The standard InChI is InChI=1S/C23H27N5O2/c1-18-8-4-5-10-20(18)16-26(15-19-9-7-12-24-14-19)22(29)17-28-23(30)27-13-6-2-3-11-21(27)25-28/h4-5,7-10,12,14H,2-3,6,11,13,15-17H2,1H3. The van der Waals surface area contributed by atoms with Crippen LogP contribution in [-0.4, -0.2) is 30.1 Å². The molecule has 0 aliphatic carbocycles. The highest BCUT2D eigenvalue weighted by Gasteiger charge is 2.21. The molecule has 7 heteroatoms. The highest BCUT2D eigenvalue weighted by atomic mass is 16.2. The SMILES string of the molecule is Cc1ccccc1CN(Cc1cccnc1)C(=O)Cn1nc2n(c1=O)CCCCC2. The highest BCUT2D eigenvalue weighted by Crippen LogP contribution is 2.15. The van der Waals surface area contributed by atoms with E-state index in [0.717, 1.165) is 48.2 Å². The van der Waals surface area contributed by atoms with Crippen molar-refractivity contribution < 1.29 is 4.79 Å². The van der Waals surface area contributed by atoms with E-state index >= 15 is 0 Å².